The van der Waals surface area contributed by atoms with Crippen LogP contribution in [0.1, 0.15) is 23.7 Å². The van der Waals surface area contributed by atoms with Crippen molar-refractivity contribution in [3.05, 3.63) is 53.0 Å². The van der Waals surface area contributed by atoms with Crippen molar-refractivity contribution in [2.24, 2.45) is 5.92 Å². The van der Waals surface area contributed by atoms with Gasteiger partial charge in [0.1, 0.15) is 5.82 Å². The topological polar surface area (TPSA) is 47.0 Å². The van der Waals surface area contributed by atoms with Gasteiger partial charge in [0.25, 0.3) is 0 Å². The fourth-order valence-electron chi connectivity index (χ4n) is 2.68. The van der Waals surface area contributed by atoms with Crippen LogP contribution in [0, 0.1) is 18.7 Å². The highest BCUT2D eigenvalue weighted by atomic mass is 19.1. The Balaban J connectivity index is 2.05. The first kappa shape index (κ1) is 14.7. The lowest BCUT2D eigenvalue weighted by atomic mass is 9.92. The Hall–Kier alpha value is -2.27. The van der Waals surface area contributed by atoms with E-state index in [4.69, 9.17) is 4.84 Å². The summed E-state index contributed by atoms with van der Waals surface area (Å²) in [5, 5.41) is 8.64. The van der Waals surface area contributed by atoms with Gasteiger partial charge < -0.3 is 0 Å². The molecule has 2 aromatic rings. The maximum Gasteiger partial charge on any atom is 0.126 e. The van der Waals surface area contributed by atoms with Crippen molar-refractivity contribution < 1.29 is 9.23 Å². The summed E-state index contributed by atoms with van der Waals surface area (Å²) in [7, 11) is 1.58. The number of aryl methyl sites for hydroxylation is 1. The lowest BCUT2D eigenvalue weighted by molar-refractivity contribution is 0.136. The monoisotopic (exact) mass is 299 g/mol. The number of hydrogen-bond donors (Lipinski definition) is 1. The molecule has 0 bridgehead atoms. The van der Waals surface area contributed by atoms with Gasteiger partial charge in [0.2, 0.25) is 0 Å². The van der Waals surface area contributed by atoms with Gasteiger partial charge in [-0.3, -0.25) is 10.3 Å². The van der Waals surface area contributed by atoms with E-state index >= 15 is 0 Å². The summed E-state index contributed by atoms with van der Waals surface area (Å²) in [4.78, 5) is 5.05. The fraction of sp³-hybridized carbons (Fsp3) is 0.294. The van der Waals surface area contributed by atoms with E-state index < -0.39 is 0 Å². The Labute approximate surface area is 129 Å². The summed E-state index contributed by atoms with van der Waals surface area (Å²) in [6.07, 6.45) is 2.97. The molecule has 0 amide bonds. The van der Waals surface area contributed by atoms with Crippen LogP contribution in [0.25, 0.3) is 17.0 Å². The second kappa shape index (κ2) is 5.85. The predicted octanol–water partition coefficient (Wildman–Crippen LogP) is 3.28. The molecule has 1 aliphatic carbocycles. The van der Waals surface area contributed by atoms with Crippen molar-refractivity contribution in [2.75, 3.05) is 7.11 Å². The van der Waals surface area contributed by atoms with Gasteiger partial charge in [-0.2, -0.15) is 10.2 Å². The lowest BCUT2D eigenvalue weighted by Gasteiger charge is -2.21. The van der Waals surface area contributed by atoms with Gasteiger partial charge in [-0.05, 0) is 49.1 Å². The molecule has 0 saturated heterocycles. The van der Waals surface area contributed by atoms with Crippen LogP contribution in [0.15, 0.2) is 30.3 Å². The van der Waals surface area contributed by atoms with E-state index in [1.807, 2.05) is 6.07 Å². The molecule has 4 nitrogen and oxygen atoms in total. The first-order chi connectivity index (χ1) is 10.6. The molecule has 0 spiro atoms. The molecule has 0 fully saturated rings. The fourth-order valence-corrected chi connectivity index (χ4v) is 2.68. The molecule has 1 aromatic heterocycles. The molecular formula is C17H18FN3O. The average Bonchev–Trinajstić information content (AvgIpc) is 2.50. The Morgan fingerprint density at radius 2 is 2.09 bits per heavy atom. The molecule has 0 radical (unpaired) electrons. The first-order valence-electron chi connectivity index (χ1n) is 7.23. The van der Waals surface area contributed by atoms with Crippen LogP contribution in [0.3, 0.4) is 0 Å². The summed E-state index contributed by atoms with van der Waals surface area (Å²) in [6.45, 7) is 3.86. The molecule has 1 unspecified atom stereocenters. The number of aromatic nitrogens is 2. The number of rotatable bonds is 3. The minimum absolute atomic E-state index is 0.217. The summed E-state index contributed by atoms with van der Waals surface area (Å²) in [5.74, 6) is 0.156. The van der Waals surface area contributed by atoms with Crippen LogP contribution in [0.2, 0.25) is 0 Å². The van der Waals surface area contributed by atoms with E-state index in [1.165, 1.54) is 6.07 Å². The molecular weight excluding hydrogens is 281 g/mol. The molecule has 0 aliphatic heterocycles. The van der Waals surface area contributed by atoms with E-state index in [-0.39, 0.29) is 5.82 Å². The average molecular weight is 299 g/mol. The van der Waals surface area contributed by atoms with Gasteiger partial charge in [0, 0.05) is 11.1 Å². The van der Waals surface area contributed by atoms with E-state index in [9.17, 15) is 4.39 Å². The Morgan fingerprint density at radius 1 is 1.27 bits per heavy atom. The molecule has 1 heterocycles. The largest absolute Gasteiger partial charge is 0.279 e. The van der Waals surface area contributed by atoms with Crippen LogP contribution in [0.4, 0.5) is 4.39 Å². The van der Waals surface area contributed by atoms with Gasteiger partial charge in [-0.25, -0.2) is 4.39 Å². The number of allylic oxidation sites excluding steroid dienone is 1. The normalized spacial score (nSPS) is 16.9. The van der Waals surface area contributed by atoms with Crippen LogP contribution >= 0.6 is 0 Å². The summed E-state index contributed by atoms with van der Waals surface area (Å²) < 4.78 is 13.4. The van der Waals surface area contributed by atoms with Gasteiger partial charge in [-0.1, -0.05) is 13.0 Å². The zero-order valence-electron chi connectivity index (χ0n) is 12.9. The van der Waals surface area contributed by atoms with Gasteiger partial charge in [0.05, 0.1) is 24.2 Å². The van der Waals surface area contributed by atoms with Gasteiger partial charge in [0.15, 0.2) is 0 Å². The number of hydrogen-bond acceptors (Lipinski definition) is 4. The Bertz CT molecular complexity index is 743. The van der Waals surface area contributed by atoms with Crippen LogP contribution in [-0.2, 0) is 11.3 Å². The van der Waals surface area contributed by atoms with E-state index in [0.717, 1.165) is 34.6 Å². The summed E-state index contributed by atoms with van der Waals surface area (Å²) in [5.41, 5.74) is 7.89. The number of hydroxylamine groups is 1. The zero-order valence-corrected chi connectivity index (χ0v) is 12.9. The van der Waals surface area contributed by atoms with Crippen molar-refractivity contribution in [1.29, 1.82) is 0 Å². The molecule has 5 heteroatoms. The number of halogens is 1. The maximum absolute atomic E-state index is 13.4. The number of nitrogens with one attached hydrogen (secondary N) is 1. The Morgan fingerprint density at radius 3 is 2.82 bits per heavy atom. The highest BCUT2D eigenvalue weighted by Gasteiger charge is 2.20. The molecule has 0 saturated carbocycles. The summed E-state index contributed by atoms with van der Waals surface area (Å²) >= 11 is 0. The van der Waals surface area contributed by atoms with Crippen molar-refractivity contribution in [3.63, 3.8) is 0 Å². The predicted molar refractivity (Wildman–Crippen MR) is 83.2 cm³/mol. The van der Waals surface area contributed by atoms with Crippen LogP contribution in [0.5, 0.6) is 0 Å². The first-order valence-corrected chi connectivity index (χ1v) is 7.23. The van der Waals surface area contributed by atoms with Gasteiger partial charge >= 0.3 is 0 Å². The number of benzene rings is 1. The number of fused-ring (bicyclic) bond motifs is 1. The molecule has 22 heavy (non-hydrogen) atoms. The maximum atomic E-state index is 13.4. The SMILES string of the molecule is CONC1=CC(C)Cc2nnc(-c3ccc(F)c(C)c3)cc21. The third-order valence-electron chi connectivity index (χ3n) is 3.79. The second-order valence-corrected chi connectivity index (χ2v) is 5.62. The van der Waals surface area contributed by atoms with Crippen LogP contribution in [-0.4, -0.2) is 17.3 Å². The Kier molecular flexibility index (Phi) is 3.90. The quantitative estimate of drug-likeness (QED) is 0.884. The smallest absolute Gasteiger partial charge is 0.126 e. The van der Waals surface area contributed by atoms with Crippen molar-refractivity contribution >= 4 is 5.70 Å². The van der Waals surface area contributed by atoms with E-state index in [0.29, 0.717) is 11.5 Å². The van der Waals surface area contributed by atoms with Gasteiger partial charge in [-0.15, -0.1) is 0 Å². The third-order valence-corrected chi connectivity index (χ3v) is 3.79. The second-order valence-electron chi connectivity index (χ2n) is 5.62. The minimum Gasteiger partial charge on any atom is -0.279 e. The molecule has 1 aliphatic rings. The van der Waals surface area contributed by atoms with Crippen molar-refractivity contribution in [3.8, 4) is 11.3 Å². The highest BCUT2D eigenvalue weighted by molar-refractivity contribution is 5.71. The molecule has 114 valence electrons. The van der Waals surface area contributed by atoms with E-state index in [1.54, 1.807) is 26.2 Å². The molecule has 1 atom stereocenters. The summed E-state index contributed by atoms with van der Waals surface area (Å²) in [6, 6.07) is 6.93. The van der Waals surface area contributed by atoms with Crippen molar-refractivity contribution in [1.82, 2.24) is 15.7 Å². The molecule has 1 aromatic carbocycles. The van der Waals surface area contributed by atoms with Crippen molar-refractivity contribution in [2.45, 2.75) is 20.3 Å². The molecule has 1 N–H and O–H groups in total. The third kappa shape index (κ3) is 2.72. The standard InChI is InChI=1S/C17H18FN3O/c1-10-6-16-13(17(7-10)21-22-3)9-15(19-20-16)12-4-5-14(18)11(2)8-12/h4-5,7-10,21H,6H2,1-3H3. The lowest BCUT2D eigenvalue weighted by Crippen LogP contribution is -2.19. The highest BCUT2D eigenvalue weighted by Crippen LogP contribution is 2.29. The minimum atomic E-state index is -0.217. The number of nitrogens with zero attached hydrogens (tertiary/aromatic N) is 2. The van der Waals surface area contributed by atoms with Crippen LogP contribution < -0.4 is 5.48 Å². The van der Waals surface area contributed by atoms with E-state index in [2.05, 4.69) is 28.7 Å². The zero-order chi connectivity index (χ0) is 15.7. The molecule has 3 rings (SSSR count).